The van der Waals surface area contributed by atoms with Gasteiger partial charge in [-0.1, -0.05) is 6.07 Å². The van der Waals surface area contributed by atoms with Gasteiger partial charge in [0.25, 0.3) is 0 Å². The maximum Gasteiger partial charge on any atom is 0.387 e. The Labute approximate surface area is 161 Å². The summed E-state index contributed by atoms with van der Waals surface area (Å²) < 4.78 is 39.3. The quantitative estimate of drug-likeness (QED) is 0.646. The minimum atomic E-state index is -2.93. The van der Waals surface area contributed by atoms with Crippen molar-refractivity contribution in [3.63, 3.8) is 0 Å². The van der Waals surface area contributed by atoms with Gasteiger partial charge in [-0.05, 0) is 48.9 Å². The molecule has 8 heteroatoms. The van der Waals surface area contributed by atoms with Crippen LogP contribution < -0.4 is 19.5 Å². The van der Waals surface area contributed by atoms with E-state index in [2.05, 4.69) is 10.1 Å². The highest BCUT2D eigenvalue weighted by Gasteiger charge is 2.15. The lowest BCUT2D eigenvalue weighted by Crippen LogP contribution is -2.30. The predicted octanol–water partition coefficient (Wildman–Crippen LogP) is 4.10. The summed E-state index contributed by atoms with van der Waals surface area (Å²) in [5.41, 5.74) is 0.712. The summed E-state index contributed by atoms with van der Waals surface area (Å²) in [7, 11) is 2.96. The molecule has 0 heterocycles. The standard InChI is InChI=1S/C19H21F2NO4S/c1-12(27-15-7-5-14(24-2)6-8-15)18(23)22-11-13-4-9-16(26-19(20)21)17(10-13)25-3/h4-10,12,19H,11H2,1-3H3,(H,22,23). The van der Waals surface area contributed by atoms with Crippen LogP contribution in [0.15, 0.2) is 47.4 Å². The molecule has 0 aliphatic carbocycles. The van der Waals surface area contributed by atoms with Crippen LogP contribution in [0.25, 0.3) is 0 Å². The van der Waals surface area contributed by atoms with Crippen molar-refractivity contribution < 1.29 is 27.8 Å². The molecule has 0 bridgehead atoms. The van der Waals surface area contributed by atoms with Crippen molar-refractivity contribution in [2.24, 2.45) is 0 Å². The zero-order valence-corrected chi connectivity index (χ0v) is 16.0. The molecule has 1 N–H and O–H groups in total. The molecule has 2 rings (SSSR count). The number of amides is 1. The average Bonchev–Trinajstić information content (AvgIpc) is 2.67. The molecular formula is C19H21F2NO4S. The number of carbonyl (C=O) groups excluding carboxylic acids is 1. The third kappa shape index (κ3) is 6.32. The van der Waals surface area contributed by atoms with Crippen molar-refractivity contribution in [3.05, 3.63) is 48.0 Å². The molecule has 2 aromatic carbocycles. The lowest BCUT2D eigenvalue weighted by molar-refractivity contribution is -0.120. The largest absolute Gasteiger partial charge is 0.497 e. The number of hydrogen-bond acceptors (Lipinski definition) is 5. The van der Waals surface area contributed by atoms with Gasteiger partial charge in [-0.25, -0.2) is 0 Å². The first-order chi connectivity index (χ1) is 12.9. The Morgan fingerprint density at radius 2 is 1.78 bits per heavy atom. The minimum absolute atomic E-state index is 0.0500. The van der Waals surface area contributed by atoms with Crippen LogP contribution in [0, 0.1) is 0 Å². The SMILES string of the molecule is COc1ccc(SC(C)C(=O)NCc2ccc(OC(F)F)c(OC)c2)cc1. The molecule has 146 valence electrons. The van der Waals surface area contributed by atoms with Crippen LogP contribution in [0.2, 0.25) is 0 Å². The molecule has 27 heavy (non-hydrogen) atoms. The van der Waals surface area contributed by atoms with Crippen LogP contribution in [0.1, 0.15) is 12.5 Å². The predicted molar refractivity (Wildman–Crippen MR) is 99.8 cm³/mol. The Balaban J connectivity index is 1.91. The fourth-order valence-corrected chi connectivity index (χ4v) is 3.15. The van der Waals surface area contributed by atoms with E-state index < -0.39 is 6.61 Å². The van der Waals surface area contributed by atoms with E-state index in [0.29, 0.717) is 5.56 Å². The maximum atomic E-state index is 12.4. The zero-order chi connectivity index (χ0) is 19.8. The van der Waals surface area contributed by atoms with Gasteiger partial charge in [0.05, 0.1) is 19.5 Å². The zero-order valence-electron chi connectivity index (χ0n) is 15.2. The Morgan fingerprint density at radius 1 is 1.07 bits per heavy atom. The number of hydrogen-bond donors (Lipinski definition) is 1. The summed E-state index contributed by atoms with van der Waals surface area (Å²) in [5.74, 6) is 0.751. The normalized spacial score (nSPS) is 11.8. The number of alkyl halides is 2. The van der Waals surface area contributed by atoms with Crippen molar-refractivity contribution >= 4 is 17.7 Å². The van der Waals surface area contributed by atoms with E-state index in [9.17, 15) is 13.6 Å². The Kier molecular flexibility index (Phi) is 7.72. The topological polar surface area (TPSA) is 56.8 Å². The van der Waals surface area contributed by atoms with Gasteiger partial charge in [-0.3, -0.25) is 4.79 Å². The van der Waals surface area contributed by atoms with Crippen molar-refractivity contribution in [2.45, 2.75) is 30.2 Å². The smallest absolute Gasteiger partial charge is 0.387 e. The lowest BCUT2D eigenvalue weighted by atomic mass is 10.2. The van der Waals surface area contributed by atoms with Crippen molar-refractivity contribution in [2.75, 3.05) is 14.2 Å². The van der Waals surface area contributed by atoms with E-state index in [1.54, 1.807) is 19.2 Å². The molecule has 0 radical (unpaired) electrons. The van der Waals surface area contributed by atoms with Gasteiger partial charge in [0.1, 0.15) is 5.75 Å². The van der Waals surface area contributed by atoms with Crippen LogP contribution >= 0.6 is 11.8 Å². The van der Waals surface area contributed by atoms with Crippen molar-refractivity contribution in [3.8, 4) is 17.2 Å². The number of methoxy groups -OCH3 is 2. The van der Waals surface area contributed by atoms with Gasteiger partial charge in [-0.2, -0.15) is 8.78 Å². The molecule has 0 saturated heterocycles. The molecule has 0 fully saturated rings. The second-order valence-electron chi connectivity index (χ2n) is 5.52. The van der Waals surface area contributed by atoms with E-state index in [-0.39, 0.29) is 29.2 Å². The average molecular weight is 397 g/mol. The Bertz CT molecular complexity index is 756. The highest BCUT2D eigenvalue weighted by atomic mass is 32.2. The molecule has 1 amide bonds. The molecule has 0 aliphatic heterocycles. The van der Waals surface area contributed by atoms with Gasteiger partial charge in [0.15, 0.2) is 11.5 Å². The fourth-order valence-electron chi connectivity index (χ4n) is 2.26. The van der Waals surface area contributed by atoms with E-state index in [1.807, 2.05) is 31.2 Å². The molecule has 0 aromatic heterocycles. The molecule has 5 nitrogen and oxygen atoms in total. The molecule has 0 spiro atoms. The Hall–Kier alpha value is -2.48. The molecular weight excluding hydrogens is 376 g/mol. The van der Waals surface area contributed by atoms with Gasteiger partial charge in [0, 0.05) is 11.4 Å². The summed E-state index contributed by atoms with van der Waals surface area (Å²) in [4.78, 5) is 13.3. The number of nitrogens with one attached hydrogen (secondary N) is 1. The molecule has 0 saturated carbocycles. The van der Waals surface area contributed by atoms with E-state index in [0.717, 1.165) is 10.6 Å². The highest BCUT2D eigenvalue weighted by molar-refractivity contribution is 8.00. The summed E-state index contributed by atoms with van der Waals surface area (Å²) >= 11 is 1.43. The fraction of sp³-hybridized carbons (Fsp3) is 0.316. The monoisotopic (exact) mass is 397 g/mol. The maximum absolute atomic E-state index is 12.4. The second kappa shape index (κ2) is 10.0. The minimum Gasteiger partial charge on any atom is -0.497 e. The van der Waals surface area contributed by atoms with Crippen molar-refractivity contribution in [1.82, 2.24) is 5.32 Å². The summed E-state index contributed by atoms with van der Waals surface area (Å²) in [6.45, 7) is -0.873. The van der Waals surface area contributed by atoms with Crippen LogP contribution in [-0.4, -0.2) is 32.0 Å². The molecule has 1 unspecified atom stereocenters. The van der Waals surface area contributed by atoms with E-state index >= 15 is 0 Å². The number of halogens is 2. The molecule has 0 aliphatic rings. The summed E-state index contributed by atoms with van der Waals surface area (Å²) in [6.07, 6.45) is 0. The van der Waals surface area contributed by atoms with Gasteiger partial charge in [-0.15, -0.1) is 11.8 Å². The third-order valence-electron chi connectivity index (χ3n) is 3.65. The third-order valence-corrected chi connectivity index (χ3v) is 4.76. The van der Waals surface area contributed by atoms with Crippen LogP contribution in [0.4, 0.5) is 8.78 Å². The number of thioether (sulfide) groups is 1. The van der Waals surface area contributed by atoms with Gasteiger partial charge >= 0.3 is 6.61 Å². The number of rotatable bonds is 9. The van der Waals surface area contributed by atoms with E-state index in [4.69, 9.17) is 9.47 Å². The Morgan fingerprint density at radius 3 is 2.37 bits per heavy atom. The highest BCUT2D eigenvalue weighted by Crippen LogP contribution is 2.29. The number of carbonyl (C=O) groups is 1. The first kappa shape index (κ1) is 20.8. The molecule has 2 aromatic rings. The number of ether oxygens (including phenoxy) is 3. The molecule has 1 atom stereocenters. The number of benzene rings is 2. The van der Waals surface area contributed by atoms with E-state index in [1.165, 1.54) is 24.9 Å². The second-order valence-corrected chi connectivity index (χ2v) is 6.93. The first-order valence-electron chi connectivity index (χ1n) is 8.13. The summed E-state index contributed by atoms with van der Waals surface area (Å²) in [5, 5.41) is 2.52. The lowest BCUT2D eigenvalue weighted by Gasteiger charge is -2.14. The van der Waals surface area contributed by atoms with Crippen LogP contribution in [0.5, 0.6) is 17.2 Å². The summed E-state index contributed by atoms with van der Waals surface area (Å²) in [6, 6.07) is 12.0. The van der Waals surface area contributed by atoms with Crippen LogP contribution in [-0.2, 0) is 11.3 Å². The van der Waals surface area contributed by atoms with Crippen molar-refractivity contribution in [1.29, 1.82) is 0 Å². The van der Waals surface area contributed by atoms with Gasteiger partial charge < -0.3 is 19.5 Å². The van der Waals surface area contributed by atoms with Gasteiger partial charge in [0.2, 0.25) is 5.91 Å². The van der Waals surface area contributed by atoms with Crippen LogP contribution in [0.3, 0.4) is 0 Å². The first-order valence-corrected chi connectivity index (χ1v) is 9.01.